The summed E-state index contributed by atoms with van der Waals surface area (Å²) in [6.07, 6.45) is 1.09. The summed E-state index contributed by atoms with van der Waals surface area (Å²) < 4.78 is 12.9. The van der Waals surface area contributed by atoms with E-state index in [2.05, 4.69) is 27.1 Å². The average Bonchev–Trinajstić information content (AvgIpc) is 3.09. The van der Waals surface area contributed by atoms with Crippen molar-refractivity contribution in [3.63, 3.8) is 0 Å². The van der Waals surface area contributed by atoms with E-state index in [4.69, 9.17) is 9.47 Å². The molecule has 1 aliphatic rings. The van der Waals surface area contributed by atoms with Crippen LogP contribution in [0.15, 0.2) is 48.5 Å². The number of hydrogen-bond acceptors (Lipinski definition) is 5. The Hall–Kier alpha value is -3.36. The van der Waals surface area contributed by atoms with E-state index in [-0.39, 0.29) is 6.03 Å². The molecule has 4 rings (SSSR count). The first-order valence-corrected chi connectivity index (χ1v) is 11.2. The number of hydrogen-bond donors (Lipinski definition) is 3. The fourth-order valence-electron chi connectivity index (χ4n) is 3.69. The Labute approximate surface area is 194 Å². The predicted octanol–water partition coefficient (Wildman–Crippen LogP) is 3.70. The van der Waals surface area contributed by atoms with Gasteiger partial charge in [0.1, 0.15) is 12.4 Å². The number of nitrogens with one attached hydrogen (secondary N) is 3. The Kier molecular flexibility index (Phi) is 7.26. The number of para-hydroxylation sites is 1. The number of urea groups is 1. The molecule has 1 aromatic heterocycles. The summed E-state index contributed by atoms with van der Waals surface area (Å²) in [6, 6.07) is 15.9. The van der Waals surface area contributed by atoms with Gasteiger partial charge < -0.3 is 20.1 Å². The van der Waals surface area contributed by atoms with Gasteiger partial charge in [-0.25, -0.2) is 9.48 Å². The number of amides is 2. The van der Waals surface area contributed by atoms with Crippen LogP contribution in [0.4, 0.5) is 10.6 Å². The van der Waals surface area contributed by atoms with Crippen LogP contribution in [0.5, 0.6) is 5.88 Å². The zero-order valence-electron chi connectivity index (χ0n) is 19.4. The lowest BCUT2D eigenvalue weighted by molar-refractivity contribution is 0.185. The summed E-state index contributed by atoms with van der Waals surface area (Å²) in [7, 11) is 1.67. The highest BCUT2D eigenvalue weighted by Crippen LogP contribution is 2.28. The van der Waals surface area contributed by atoms with Crippen LogP contribution in [0.25, 0.3) is 5.69 Å². The third kappa shape index (κ3) is 5.53. The Bertz CT molecular complexity index is 1090. The standard InChI is InChI=1S/C25H31N5O3/c1-17-9-10-19(15-32-3)13-20(17)14-27-25(31)28-23-18(2)24(33-16-21-11-12-26-21)29-30(23)22-7-5-4-6-8-22/h4-10,13,21,26H,11-12,14-16H2,1-3H3,(H2,27,28,31)/t21-/m0/s1. The van der Waals surface area contributed by atoms with Crippen molar-refractivity contribution in [3.05, 3.63) is 70.8 Å². The van der Waals surface area contributed by atoms with Gasteiger partial charge in [-0.2, -0.15) is 0 Å². The molecular weight excluding hydrogens is 418 g/mol. The van der Waals surface area contributed by atoms with Gasteiger partial charge in [0.25, 0.3) is 0 Å². The zero-order valence-corrected chi connectivity index (χ0v) is 19.4. The summed E-state index contributed by atoms with van der Waals surface area (Å²) in [5.41, 5.74) is 4.86. The fourth-order valence-corrected chi connectivity index (χ4v) is 3.69. The van der Waals surface area contributed by atoms with Crippen LogP contribution >= 0.6 is 0 Å². The van der Waals surface area contributed by atoms with Gasteiger partial charge in [-0.3, -0.25) is 5.32 Å². The summed E-state index contributed by atoms with van der Waals surface area (Å²) in [4.78, 5) is 12.8. The molecule has 1 fully saturated rings. The second kappa shape index (κ2) is 10.5. The number of methoxy groups -OCH3 is 1. The molecule has 0 spiro atoms. The van der Waals surface area contributed by atoms with Crippen molar-refractivity contribution < 1.29 is 14.3 Å². The van der Waals surface area contributed by atoms with Crippen molar-refractivity contribution in [2.45, 2.75) is 39.5 Å². The first-order valence-electron chi connectivity index (χ1n) is 11.2. The van der Waals surface area contributed by atoms with E-state index in [0.717, 1.165) is 40.9 Å². The minimum atomic E-state index is -0.307. The SMILES string of the molecule is COCc1ccc(C)c(CNC(=O)Nc2c(C)c(OC[C@@H]3CCN3)nn2-c2ccccc2)c1. The largest absolute Gasteiger partial charge is 0.475 e. The Balaban J connectivity index is 1.49. The molecule has 174 valence electrons. The third-order valence-electron chi connectivity index (χ3n) is 5.82. The molecule has 33 heavy (non-hydrogen) atoms. The molecular formula is C25H31N5O3. The predicted molar refractivity (Wildman–Crippen MR) is 128 cm³/mol. The number of carbonyl (C=O) groups is 1. The van der Waals surface area contributed by atoms with Crippen molar-refractivity contribution in [2.75, 3.05) is 25.6 Å². The van der Waals surface area contributed by atoms with E-state index in [1.807, 2.05) is 56.3 Å². The summed E-state index contributed by atoms with van der Waals surface area (Å²) in [6.45, 7) is 6.45. The number of nitrogens with zero attached hydrogens (tertiary/aromatic N) is 2. The van der Waals surface area contributed by atoms with Crippen LogP contribution in [-0.4, -0.2) is 42.1 Å². The van der Waals surface area contributed by atoms with E-state index < -0.39 is 0 Å². The summed E-state index contributed by atoms with van der Waals surface area (Å²) in [5.74, 6) is 1.10. The van der Waals surface area contributed by atoms with Crippen LogP contribution in [0.1, 0.15) is 28.7 Å². The molecule has 1 saturated heterocycles. The molecule has 3 N–H and O–H groups in total. The molecule has 2 amide bonds. The average molecular weight is 450 g/mol. The number of carbonyl (C=O) groups excluding carboxylic acids is 1. The molecule has 8 nitrogen and oxygen atoms in total. The van der Waals surface area contributed by atoms with Gasteiger partial charge in [-0.05, 0) is 55.6 Å². The lowest BCUT2D eigenvalue weighted by Crippen LogP contribution is -2.46. The van der Waals surface area contributed by atoms with Crippen molar-refractivity contribution in [3.8, 4) is 11.6 Å². The molecule has 2 aromatic carbocycles. The Morgan fingerprint density at radius 3 is 2.70 bits per heavy atom. The minimum Gasteiger partial charge on any atom is -0.475 e. The number of rotatable bonds is 9. The van der Waals surface area contributed by atoms with Gasteiger partial charge >= 0.3 is 6.03 Å². The number of aryl methyl sites for hydroxylation is 1. The molecule has 3 aromatic rings. The summed E-state index contributed by atoms with van der Waals surface area (Å²) in [5, 5.41) is 13.9. The number of benzene rings is 2. The van der Waals surface area contributed by atoms with Crippen LogP contribution in [0.3, 0.4) is 0 Å². The van der Waals surface area contributed by atoms with Crippen LogP contribution in [0, 0.1) is 13.8 Å². The molecule has 8 heteroatoms. The van der Waals surface area contributed by atoms with E-state index in [1.54, 1.807) is 11.8 Å². The highest BCUT2D eigenvalue weighted by molar-refractivity contribution is 5.89. The van der Waals surface area contributed by atoms with Crippen LogP contribution < -0.4 is 20.7 Å². The lowest BCUT2D eigenvalue weighted by Gasteiger charge is -2.26. The highest BCUT2D eigenvalue weighted by Gasteiger charge is 2.22. The molecule has 2 heterocycles. The molecule has 1 atom stereocenters. The van der Waals surface area contributed by atoms with Crippen molar-refractivity contribution in [1.82, 2.24) is 20.4 Å². The molecule has 0 bridgehead atoms. The normalized spacial score (nSPS) is 15.1. The van der Waals surface area contributed by atoms with Crippen LogP contribution in [-0.2, 0) is 17.9 Å². The quantitative estimate of drug-likeness (QED) is 0.464. The number of aromatic nitrogens is 2. The number of ether oxygens (including phenoxy) is 2. The van der Waals surface area contributed by atoms with E-state index in [0.29, 0.717) is 37.5 Å². The maximum Gasteiger partial charge on any atom is 0.320 e. The molecule has 0 unspecified atom stereocenters. The van der Waals surface area contributed by atoms with Crippen molar-refractivity contribution in [2.24, 2.45) is 0 Å². The molecule has 0 aliphatic carbocycles. The van der Waals surface area contributed by atoms with Crippen LogP contribution in [0.2, 0.25) is 0 Å². The fraction of sp³-hybridized carbons (Fsp3) is 0.360. The monoisotopic (exact) mass is 449 g/mol. The Morgan fingerprint density at radius 1 is 1.21 bits per heavy atom. The molecule has 0 radical (unpaired) electrons. The maximum absolute atomic E-state index is 12.8. The Morgan fingerprint density at radius 2 is 2.00 bits per heavy atom. The summed E-state index contributed by atoms with van der Waals surface area (Å²) >= 11 is 0. The second-order valence-electron chi connectivity index (χ2n) is 8.28. The topological polar surface area (TPSA) is 89.4 Å². The minimum absolute atomic E-state index is 0.307. The van der Waals surface area contributed by atoms with Gasteiger partial charge in [0.15, 0.2) is 0 Å². The highest BCUT2D eigenvalue weighted by atomic mass is 16.5. The smallest absolute Gasteiger partial charge is 0.320 e. The third-order valence-corrected chi connectivity index (χ3v) is 5.82. The first-order chi connectivity index (χ1) is 16.0. The van der Waals surface area contributed by atoms with E-state index in [9.17, 15) is 4.79 Å². The first kappa shape index (κ1) is 22.8. The van der Waals surface area contributed by atoms with E-state index in [1.165, 1.54) is 0 Å². The van der Waals surface area contributed by atoms with Gasteiger partial charge in [-0.1, -0.05) is 36.4 Å². The zero-order chi connectivity index (χ0) is 23.2. The van der Waals surface area contributed by atoms with Crippen molar-refractivity contribution >= 4 is 11.8 Å². The lowest BCUT2D eigenvalue weighted by atomic mass is 10.1. The number of anilines is 1. The maximum atomic E-state index is 12.8. The van der Waals surface area contributed by atoms with Gasteiger partial charge in [0.05, 0.1) is 17.9 Å². The van der Waals surface area contributed by atoms with Crippen molar-refractivity contribution in [1.29, 1.82) is 0 Å². The molecule has 1 aliphatic heterocycles. The second-order valence-corrected chi connectivity index (χ2v) is 8.28. The van der Waals surface area contributed by atoms with E-state index >= 15 is 0 Å². The van der Waals surface area contributed by atoms with Gasteiger partial charge in [0, 0.05) is 19.7 Å². The molecule has 0 saturated carbocycles. The van der Waals surface area contributed by atoms with Gasteiger partial charge in [0.2, 0.25) is 5.88 Å². The van der Waals surface area contributed by atoms with Gasteiger partial charge in [-0.15, -0.1) is 5.10 Å².